The normalized spacial score (nSPS) is 10.1. The van der Waals surface area contributed by atoms with Crippen LogP contribution in [0.1, 0.15) is 23.7 Å². The van der Waals surface area contributed by atoms with Gasteiger partial charge in [-0.3, -0.25) is 4.79 Å². The molecule has 0 saturated heterocycles. The van der Waals surface area contributed by atoms with E-state index in [0.717, 1.165) is 17.5 Å². The first-order valence-electron chi connectivity index (χ1n) is 5.35. The quantitative estimate of drug-likeness (QED) is 0.816. The molecular formula is C12H16BrNO2. The highest BCUT2D eigenvalue weighted by molar-refractivity contribution is 9.10. The van der Waals surface area contributed by atoms with Crippen molar-refractivity contribution in [2.75, 3.05) is 19.8 Å². The molecular weight excluding hydrogens is 270 g/mol. The van der Waals surface area contributed by atoms with Gasteiger partial charge < -0.3 is 10.1 Å². The van der Waals surface area contributed by atoms with Gasteiger partial charge in [-0.15, -0.1) is 0 Å². The third-order valence-electron chi connectivity index (χ3n) is 1.99. The van der Waals surface area contributed by atoms with E-state index in [4.69, 9.17) is 4.74 Å². The minimum absolute atomic E-state index is 0.0624. The Morgan fingerprint density at radius 1 is 1.31 bits per heavy atom. The van der Waals surface area contributed by atoms with E-state index in [1.807, 2.05) is 12.1 Å². The maximum atomic E-state index is 11.6. The number of rotatable bonds is 6. The largest absolute Gasteiger partial charge is 0.380 e. The van der Waals surface area contributed by atoms with Crippen molar-refractivity contribution in [3.8, 4) is 0 Å². The predicted octanol–water partition coefficient (Wildman–Crippen LogP) is 2.61. The van der Waals surface area contributed by atoms with E-state index in [1.54, 1.807) is 12.1 Å². The van der Waals surface area contributed by atoms with Crippen molar-refractivity contribution < 1.29 is 9.53 Å². The van der Waals surface area contributed by atoms with Crippen molar-refractivity contribution in [1.29, 1.82) is 0 Å². The van der Waals surface area contributed by atoms with E-state index in [2.05, 4.69) is 28.2 Å². The van der Waals surface area contributed by atoms with E-state index >= 15 is 0 Å². The molecule has 0 spiro atoms. The number of amides is 1. The summed E-state index contributed by atoms with van der Waals surface area (Å²) in [7, 11) is 0. The van der Waals surface area contributed by atoms with Gasteiger partial charge in [-0.2, -0.15) is 0 Å². The van der Waals surface area contributed by atoms with Crippen LogP contribution in [-0.4, -0.2) is 25.7 Å². The third-order valence-corrected chi connectivity index (χ3v) is 2.52. The lowest BCUT2D eigenvalue weighted by atomic mass is 10.2. The van der Waals surface area contributed by atoms with Crippen LogP contribution >= 0.6 is 15.9 Å². The SMILES string of the molecule is CCCOCCNC(=O)c1ccc(Br)cc1. The topological polar surface area (TPSA) is 38.3 Å². The first-order valence-corrected chi connectivity index (χ1v) is 6.15. The molecule has 0 aliphatic carbocycles. The first kappa shape index (κ1) is 13.2. The summed E-state index contributed by atoms with van der Waals surface area (Å²) in [6.07, 6.45) is 1.00. The molecule has 1 rings (SSSR count). The van der Waals surface area contributed by atoms with Crippen LogP contribution in [0.5, 0.6) is 0 Å². The van der Waals surface area contributed by atoms with Gasteiger partial charge in [0, 0.05) is 23.2 Å². The number of hydrogen-bond donors (Lipinski definition) is 1. The molecule has 0 aliphatic heterocycles. The summed E-state index contributed by atoms with van der Waals surface area (Å²) in [4.78, 5) is 11.6. The van der Waals surface area contributed by atoms with Gasteiger partial charge in [0.2, 0.25) is 0 Å². The van der Waals surface area contributed by atoms with Crippen LogP contribution in [0, 0.1) is 0 Å². The molecule has 0 bridgehead atoms. The number of carbonyl (C=O) groups is 1. The summed E-state index contributed by atoms with van der Waals surface area (Å²) in [6, 6.07) is 7.27. The molecule has 1 N–H and O–H groups in total. The summed E-state index contributed by atoms with van der Waals surface area (Å²) >= 11 is 3.32. The van der Waals surface area contributed by atoms with Gasteiger partial charge in [-0.05, 0) is 30.7 Å². The number of nitrogens with one attached hydrogen (secondary N) is 1. The predicted molar refractivity (Wildman–Crippen MR) is 67.6 cm³/mol. The second kappa shape index (κ2) is 7.41. The molecule has 0 radical (unpaired) electrons. The molecule has 1 amide bonds. The molecule has 4 heteroatoms. The highest BCUT2D eigenvalue weighted by atomic mass is 79.9. The molecule has 0 aliphatic rings. The Kier molecular flexibility index (Phi) is 6.11. The van der Waals surface area contributed by atoms with Gasteiger partial charge in [0.05, 0.1) is 6.61 Å². The molecule has 0 heterocycles. The van der Waals surface area contributed by atoms with Gasteiger partial charge in [0.25, 0.3) is 5.91 Å². The Labute approximate surface area is 104 Å². The highest BCUT2D eigenvalue weighted by Crippen LogP contribution is 2.10. The minimum atomic E-state index is -0.0624. The maximum Gasteiger partial charge on any atom is 0.251 e. The third kappa shape index (κ3) is 4.77. The standard InChI is InChI=1S/C12H16BrNO2/c1-2-8-16-9-7-14-12(15)10-3-5-11(13)6-4-10/h3-6H,2,7-9H2,1H3,(H,14,15). The van der Waals surface area contributed by atoms with Crippen molar-refractivity contribution in [1.82, 2.24) is 5.32 Å². The van der Waals surface area contributed by atoms with Gasteiger partial charge in [0.15, 0.2) is 0 Å². The summed E-state index contributed by atoms with van der Waals surface area (Å²) in [5.74, 6) is -0.0624. The van der Waals surface area contributed by atoms with Crippen molar-refractivity contribution in [3.05, 3.63) is 34.3 Å². The summed E-state index contributed by atoms with van der Waals surface area (Å²) in [5, 5.41) is 2.80. The molecule has 0 fully saturated rings. The fourth-order valence-electron chi connectivity index (χ4n) is 1.19. The molecule has 0 saturated carbocycles. The summed E-state index contributed by atoms with van der Waals surface area (Å²) in [6.45, 7) is 3.92. The Bertz CT molecular complexity index is 324. The zero-order chi connectivity index (χ0) is 11.8. The van der Waals surface area contributed by atoms with Crippen molar-refractivity contribution in [3.63, 3.8) is 0 Å². The van der Waals surface area contributed by atoms with Crippen LogP contribution < -0.4 is 5.32 Å². The number of carbonyl (C=O) groups excluding carboxylic acids is 1. The van der Waals surface area contributed by atoms with E-state index in [0.29, 0.717) is 18.7 Å². The maximum absolute atomic E-state index is 11.6. The van der Waals surface area contributed by atoms with Crippen LogP contribution in [0.15, 0.2) is 28.7 Å². The van der Waals surface area contributed by atoms with Gasteiger partial charge in [-0.25, -0.2) is 0 Å². The van der Waals surface area contributed by atoms with Crippen molar-refractivity contribution in [2.45, 2.75) is 13.3 Å². The van der Waals surface area contributed by atoms with Crippen molar-refractivity contribution in [2.24, 2.45) is 0 Å². The molecule has 1 aromatic rings. The summed E-state index contributed by atoms with van der Waals surface area (Å²) < 4.78 is 6.23. The second-order valence-electron chi connectivity index (χ2n) is 3.38. The highest BCUT2D eigenvalue weighted by Gasteiger charge is 2.03. The molecule has 0 aromatic heterocycles. The van der Waals surface area contributed by atoms with Crippen LogP contribution in [0.2, 0.25) is 0 Å². The zero-order valence-corrected chi connectivity index (χ0v) is 10.9. The number of benzene rings is 1. The Balaban J connectivity index is 2.27. The smallest absolute Gasteiger partial charge is 0.251 e. The average molecular weight is 286 g/mol. The van der Waals surface area contributed by atoms with E-state index < -0.39 is 0 Å². The van der Waals surface area contributed by atoms with Crippen LogP contribution in [0.3, 0.4) is 0 Å². The Morgan fingerprint density at radius 2 is 2.00 bits per heavy atom. The summed E-state index contributed by atoms with van der Waals surface area (Å²) in [5.41, 5.74) is 0.665. The second-order valence-corrected chi connectivity index (χ2v) is 4.29. The lowest BCUT2D eigenvalue weighted by Gasteiger charge is -2.05. The molecule has 0 unspecified atom stereocenters. The average Bonchev–Trinajstić information content (AvgIpc) is 2.29. The lowest BCUT2D eigenvalue weighted by Crippen LogP contribution is -2.27. The van der Waals surface area contributed by atoms with E-state index in [-0.39, 0.29) is 5.91 Å². The molecule has 1 aromatic carbocycles. The van der Waals surface area contributed by atoms with Crippen LogP contribution in [0.4, 0.5) is 0 Å². The number of halogens is 1. The fraction of sp³-hybridized carbons (Fsp3) is 0.417. The molecule has 0 atom stereocenters. The van der Waals surface area contributed by atoms with Gasteiger partial charge in [-0.1, -0.05) is 22.9 Å². The first-order chi connectivity index (χ1) is 7.74. The Hall–Kier alpha value is -0.870. The Morgan fingerprint density at radius 3 is 2.62 bits per heavy atom. The zero-order valence-electron chi connectivity index (χ0n) is 9.33. The van der Waals surface area contributed by atoms with Crippen LogP contribution in [-0.2, 0) is 4.74 Å². The lowest BCUT2D eigenvalue weighted by molar-refractivity contribution is 0.0915. The van der Waals surface area contributed by atoms with Crippen LogP contribution in [0.25, 0.3) is 0 Å². The van der Waals surface area contributed by atoms with E-state index in [1.165, 1.54) is 0 Å². The van der Waals surface area contributed by atoms with Gasteiger partial charge >= 0.3 is 0 Å². The van der Waals surface area contributed by atoms with E-state index in [9.17, 15) is 4.79 Å². The minimum Gasteiger partial charge on any atom is -0.380 e. The molecule has 88 valence electrons. The van der Waals surface area contributed by atoms with Crippen molar-refractivity contribution >= 4 is 21.8 Å². The number of ether oxygens (including phenoxy) is 1. The fourth-order valence-corrected chi connectivity index (χ4v) is 1.45. The molecule has 3 nitrogen and oxygen atoms in total. The monoisotopic (exact) mass is 285 g/mol. The molecule has 16 heavy (non-hydrogen) atoms. The van der Waals surface area contributed by atoms with Gasteiger partial charge in [0.1, 0.15) is 0 Å². The number of hydrogen-bond acceptors (Lipinski definition) is 2.